The van der Waals surface area contributed by atoms with Gasteiger partial charge >= 0.3 is 0 Å². The number of hydrogen-bond acceptors (Lipinski definition) is 3. The highest BCUT2D eigenvalue weighted by molar-refractivity contribution is 5.76. The van der Waals surface area contributed by atoms with Gasteiger partial charge in [-0.25, -0.2) is 0 Å². The predicted molar refractivity (Wildman–Crippen MR) is 29.6 cm³/mol. The molecule has 1 rings (SSSR count). The van der Waals surface area contributed by atoms with Gasteiger partial charge in [-0.05, 0) is 0 Å². The summed E-state index contributed by atoms with van der Waals surface area (Å²) in [5.74, 6) is 0. The van der Waals surface area contributed by atoms with Gasteiger partial charge in [-0.1, -0.05) is 0 Å². The van der Waals surface area contributed by atoms with Crippen molar-refractivity contribution in [3.8, 4) is 0 Å². The van der Waals surface area contributed by atoms with Gasteiger partial charge < -0.3 is 4.90 Å². The molecule has 1 aliphatic rings. The van der Waals surface area contributed by atoms with Crippen LogP contribution in [0.5, 0.6) is 0 Å². The van der Waals surface area contributed by atoms with E-state index in [1.807, 2.05) is 11.9 Å². The van der Waals surface area contributed by atoms with Crippen molar-refractivity contribution in [2.24, 2.45) is 9.98 Å². The molecule has 0 saturated heterocycles. The largest absolute Gasteiger partial charge is 0.327 e. The van der Waals surface area contributed by atoms with E-state index in [4.69, 9.17) is 0 Å². The van der Waals surface area contributed by atoms with Gasteiger partial charge in [0.05, 0.1) is 12.7 Å². The summed E-state index contributed by atoms with van der Waals surface area (Å²) < 4.78 is 0. The van der Waals surface area contributed by atoms with E-state index in [1.165, 1.54) is 0 Å². The molecule has 0 amide bonds. The van der Waals surface area contributed by atoms with Crippen LogP contribution in [-0.4, -0.2) is 31.3 Å². The Balaban J connectivity index is 2.49. The highest BCUT2D eigenvalue weighted by Crippen LogP contribution is 1.79. The summed E-state index contributed by atoms with van der Waals surface area (Å²) in [7, 11) is 1.90. The lowest BCUT2D eigenvalue weighted by atomic mass is 10.8. The Hall–Kier alpha value is -0.860. The van der Waals surface area contributed by atoms with Crippen molar-refractivity contribution in [1.82, 2.24) is 4.90 Å². The van der Waals surface area contributed by atoms with Gasteiger partial charge in [0.1, 0.15) is 6.67 Å². The molecule has 0 fully saturated rings. The van der Waals surface area contributed by atoms with Crippen LogP contribution in [0.2, 0.25) is 0 Å². The molecular weight excluding hydrogens is 90.1 g/mol. The standard InChI is InChI=1S/C4H7N3/c1-7-3-5-2-6-4-7/h3-4H,2H2,1H3. The summed E-state index contributed by atoms with van der Waals surface area (Å²) in [5, 5.41) is 0. The Kier molecular flexibility index (Phi) is 1.06. The van der Waals surface area contributed by atoms with Gasteiger partial charge in [-0.3, -0.25) is 9.98 Å². The van der Waals surface area contributed by atoms with Crippen molar-refractivity contribution in [2.75, 3.05) is 13.7 Å². The lowest BCUT2D eigenvalue weighted by molar-refractivity contribution is 0.764. The lowest BCUT2D eigenvalue weighted by Crippen LogP contribution is -2.16. The van der Waals surface area contributed by atoms with Crippen molar-refractivity contribution in [3.63, 3.8) is 0 Å². The summed E-state index contributed by atoms with van der Waals surface area (Å²) in [6.07, 6.45) is 3.49. The fraction of sp³-hybridized carbons (Fsp3) is 0.500. The second-order valence-electron chi connectivity index (χ2n) is 1.40. The Morgan fingerprint density at radius 1 is 1.43 bits per heavy atom. The van der Waals surface area contributed by atoms with Crippen molar-refractivity contribution in [2.45, 2.75) is 0 Å². The normalized spacial score (nSPS) is 18.1. The van der Waals surface area contributed by atoms with Crippen LogP contribution in [0.15, 0.2) is 9.98 Å². The van der Waals surface area contributed by atoms with Crippen LogP contribution in [0.25, 0.3) is 0 Å². The zero-order valence-corrected chi connectivity index (χ0v) is 4.20. The molecule has 3 heteroatoms. The van der Waals surface area contributed by atoms with Gasteiger partial charge in [0.25, 0.3) is 0 Å². The summed E-state index contributed by atoms with van der Waals surface area (Å²) >= 11 is 0. The summed E-state index contributed by atoms with van der Waals surface area (Å²) in [5.41, 5.74) is 0. The monoisotopic (exact) mass is 97.1 g/mol. The number of nitrogens with zero attached hydrogens (tertiary/aromatic N) is 3. The quantitative estimate of drug-likeness (QED) is 0.416. The highest BCUT2D eigenvalue weighted by atomic mass is 15.2. The van der Waals surface area contributed by atoms with Crippen LogP contribution in [0.3, 0.4) is 0 Å². The number of rotatable bonds is 0. The van der Waals surface area contributed by atoms with E-state index in [9.17, 15) is 0 Å². The predicted octanol–water partition coefficient (Wildman–Crippen LogP) is -0.0541. The smallest absolute Gasteiger partial charge is 0.132 e. The van der Waals surface area contributed by atoms with E-state index in [1.54, 1.807) is 12.7 Å². The van der Waals surface area contributed by atoms with Crippen molar-refractivity contribution < 1.29 is 0 Å². The molecule has 0 N–H and O–H groups in total. The molecule has 38 valence electrons. The van der Waals surface area contributed by atoms with Crippen molar-refractivity contribution in [1.29, 1.82) is 0 Å². The molecule has 0 bridgehead atoms. The van der Waals surface area contributed by atoms with Crippen LogP contribution in [0, 0.1) is 0 Å². The van der Waals surface area contributed by atoms with E-state index in [2.05, 4.69) is 9.98 Å². The SMILES string of the molecule is CN1C=NCN=C1. The van der Waals surface area contributed by atoms with Gasteiger partial charge in [0.2, 0.25) is 0 Å². The third kappa shape index (κ3) is 0.994. The maximum Gasteiger partial charge on any atom is 0.132 e. The minimum absolute atomic E-state index is 0.588. The first kappa shape index (κ1) is 4.30. The highest BCUT2D eigenvalue weighted by Gasteiger charge is 1.85. The Morgan fingerprint density at radius 2 is 2.00 bits per heavy atom. The average Bonchev–Trinajstić information content (AvgIpc) is 1.69. The molecule has 0 aromatic carbocycles. The molecule has 0 saturated carbocycles. The van der Waals surface area contributed by atoms with E-state index < -0.39 is 0 Å². The zero-order chi connectivity index (χ0) is 5.11. The van der Waals surface area contributed by atoms with Crippen LogP contribution in [0.1, 0.15) is 0 Å². The van der Waals surface area contributed by atoms with Crippen molar-refractivity contribution in [3.05, 3.63) is 0 Å². The van der Waals surface area contributed by atoms with Crippen LogP contribution < -0.4 is 0 Å². The molecule has 0 aromatic heterocycles. The zero-order valence-electron chi connectivity index (χ0n) is 4.20. The molecular formula is C4H7N3. The molecule has 1 aliphatic heterocycles. The van der Waals surface area contributed by atoms with E-state index in [-0.39, 0.29) is 0 Å². The first-order valence-corrected chi connectivity index (χ1v) is 2.11. The van der Waals surface area contributed by atoms with Crippen LogP contribution in [0.4, 0.5) is 0 Å². The molecule has 0 spiro atoms. The maximum absolute atomic E-state index is 3.86. The second kappa shape index (κ2) is 1.73. The molecule has 0 radical (unpaired) electrons. The molecule has 1 heterocycles. The fourth-order valence-corrected chi connectivity index (χ4v) is 0.408. The van der Waals surface area contributed by atoms with Crippen LogP contribution >= 0.6 is 0 Å². The third-order valence-electron chi connectivity index (χ3n) is 0.691. The van der Waals surface area contributed by atoms with Gasteiger partial charge in [-0.2, -0.15) is 0 Å². The lowest BCUT2D eigenvalue weighted by Gasteiger charge is -2.06. The van der Waals surface area contributed by atoms with Crippen molar-refractivity contribution >= 4 is 12.7 Å². The minimum atomic E-state index is 0.588. The maximum atomic E-state index is 3.86. The number of hydrogen-bond donors (Lipinski definition) is 0. The molecule has 7 heavy (non-hydrogen) atoms. The summed E-state index contributed by atoms with van der Waals surface area (Å²) in [6.45, 7) is 0.588. The first-order chi connectivity index (χ1) is 3.39. The Bertz CT molecular complexity index is 93.5. The fourth-order valence-electron chi connectivity index (χ4n) is 0.408. The second-order valence-corrected chi connectivity index (χ2v) is 1.40. The van der Waals surface area contributed by atoms with E-state index in [0.29, 0.717) is 6.67 Å². The van der Waals surface area contributed by atoms with Crippen LogP contribution in [-0.2, 0) is 0 Å². The summed E-state index contributed by atoms with van der Waals surface area (Å²) in [6, 6.07) is 0. The minimum Gasteiger partial charge on any atom is -0.327 e. The third-order valence-corrected chi connectivity index (χ3v) is 0.691. The Morgan fingerprint density at radius 3 is 2.29 bits per heavy atom. The molecule has 0 atom stereocenters. The molecule has 0 aliphatic carbocycles. The van der Waals surface area contributed by atoms with Gasteiger partial charge in [-0.15, -0.1) is 0 Å². The topological polar surface area (TPSA) is 28.0 Å². The molecule has 3 nitrogen and oxygen atoms in total. The molecule has 0 unspecified atom stereocenters. The first-order valence-electron chi connectivity index (χ1n) is 2.11. The Labute approximate surface area is 42.4 Å². The van der Waals surface area contributed by atoms with E-state index in [0.717, 1.165) is 0 Å². The number of aliphatic imine (C=N–C) groups is 2. The molecule has 0 aromatic rings. The average molecular weight is 97.1 g/mol. The van der Waals surface area contributed by atoms with E-state index >= 15 is 0 Å². The summed E-state index contributed by atoms with van der Waals surface area (Å²) in [4.78, 5) is 9.53. The van der Waals surface area contributed by atoms with Gasteiger partial charge in [0.15, 0.2) is 0 Å². The van der Waals surface area contributed by atoms with Gasteiger partial charge in [0, 0.05) is 7.05 Å².